The minimum absolute atomic E-state index is 0.0603. The Morgan fingerprint density at radius 3 is 0.273 bits per heavy atom. The van der Waals surface area contributed by atoms with Crippen molar-refractivity contribution in [3.8, 4) is 161 Å². The molecule has 0 saturated carbocycles. The molecule has 14 aromatic carbocycles. The van der Waals surface area contributed by atoms with E-state index in [2.05, 4.69) is 0 Å². The number of methoxy groups -OCH3 is 16. The largest absolute Gasteiger partial charge is 0.497 e. The van der Waals surface area contributed by atoms with E-state index in [1.165, 1.54) is 0 Å². The molecule has 748 valence electrons. The van der Waals surface area contributed by atoms with E-state index in [0.29, 0.717) is 172 Å². The summed E-state index contributed by atoms with van der Waals surface area (Å²) in [6.07, 6.45) is 0. The van der Waals surface area contributed by atoms with Crippen molar-refractivity contribution >= 4 is 11.8 Å². The van der Waals surface area contributed by atoms with Gasteiger partial charge >= 0.3 is 0 Å². The zero-order chi connectivity index (χ0) is 100. The van der Waals surface area contributed by atoms with Gasteiger partial charge in [-0.3, -0.25) is 0 Å². The first-order chi connectivity index (χ1) is 69.8. The fraction of sp³-hybridized carbons (Fsp3) is 0.263. The van der Waals surface area contributed by atoms with E-state index in [1.54, 1.807) is 174 Å². The van der Waals surface area contributed by atoms with Crippen molar-refractivity contribution in [3.63, 3.8) is 0 Å². The van der Waals surface area contributed by atoms with Gasteiger partial charge in [0.15, 0.2) is 0 Å². The highest BCUT2D eigenvalue weighted by atomic mass is 32.2. The Morgan fingerprint density at radius 1 is 0.105 bits per heavy atom. The van der Waals surface area contributed by atoms with Crippen molar-refractivity contribution in [1.29, 1.82) is 0 Å². The molecule has 28 nitrogen and oxygen atoms in total. The second-order valence-corrected chi connectivity index (χ2v) is 33.6. The van der Waals surface area contributed by atoms with Gasteiger partial charge in [0.1, 0.15) is 240 Å². The highest BCUT2D eigenvalue weighted by Gasteiger charge is 2.20. The highest BCUT2D eigenvalue weighted by molar-refractivity contribution is 7.97. The standard InChI is InChI=1S/C114H118O28S/c1-115-87-17-73(18-88(45-87)116-2)59-131-103-33-81(34-104(53-103)132-60-74-19-89(117-3)46-90(20-74)118-4)67-139-111-41-85(42-112(57-111)140-68-82-35-105(133-61-75-21-91(119-5)47-92(22-75)120-6)54-106(36-82)134-62-76-23-93(121-7)48-94(24-76)122-8)71-143-72-86-43-113(141-69-83-37-107(135-63-77-25-95(123-9)49-96(26-77)124-10)55-108(38-83)136-64-78-27-97(125-11)50-98(28-78)126-12)58-114(44-86)142-70-84-39-109(137-65-79-29-99(127-13)51-100(30-79)128-14)56-110(40-84)138-66-80-31-101(129-15)52-102(32-80)130-16/h17-58H,59-72H2,1-16H3. The third-order valence-corrected chi connectivity index (χ3v) is 23.4. The molecule has 0 unspecified atom stereocenters. The molecule has 0 spiro atoms. The molecule has 0 amide bonds. The van der Waals surface area contributed by atoms with Crippen molar-refractivity contribution in [1.82, 2.24) is 0 Å². The Bertz CT molecular complexity index is 5310. The summed E-state index contributed by atoms with van der Waals surface area (Å²) in [5.41, 5.74) is 11.2. The first-order valence-corrected chi connectivity index (χ1v) is 46.6. The van der Waals surface area contributed by atoms with Gasteiger partial charge in [-0.1, -0.05) is 0 Å². The lowest BCUT2D eigenvalue weighted by molar-refractivity contribution is 0.275. The van der Waals surface area contributed by atoms with E-state index in [0.717, 1.165) is 77.9 Å². The molecule has 0 aromatic heterocycles. The maximum atomic E-state index is 6.95. The van der Waals surface area contributed by atoms with Crippen LogP contribution in [0, 0.1) is 0 Å². The molecule has 0 aliphatic carbocycles. The molecule has 0 fully saturated rings. The average molecular weight is 1970 g/mol. The van der Waals surface area contributed by atoms with Gasteiger partial charge in [0.2, 0.25) is 0 Å². The summed E-state index contributed by atoms with van der Waals surface area (Å²) in [6, 6.07) is 79.3. The number of hydrogen-bond acceptors (Lipinski definition) is 29. The molecular weight excluding hydrogens is 1850 g/mol. The normalized spacial score (nSPS) is 10.8. The maximum Gasteiger partial charge on any atom is 0.123 e. The second kappa shape index (κ2) is 51.7. The third kappa shape index (κ3) is 30.9. The van der Waals surface area contributed by atoms with Crippen molar-refractivity contribution in [3.05, 3.63) is 333 Å². The highest BCUT2D eigenvalue weighted by Crippen LogP contribution is 2.40. The summed E-state index contributed by atoms with van der Waals surface area (Å²) < 4.78 is 171. The lowest BCUT2D eigenvalue weighted by atomic mass is 10.1. The molecular formula is C114H118O28S. The van der Waals surface area contributed by atoms with Crippen LogP contribution in [0.5, 0.6) is 161 Å². The molecule has 143 heavy (non-hydrogen) atoms. The van der Waals surface area contributed by atoms with Gasteiger partial charge < -0.3 is 133 Å². The fourth-order valence-electron chi connectivity index (χ4n) is 15.2. The third-order valence-electron chi connectivity index (χ3n) is 22.3. The van der Waals surface area contributed by atoms with Crippen LogP contribution in [0.1, 0.15) is 77.9 Å². The Hall–Kier alpha value is -16.2. The number of hydrogen-bond donors (Lipinski definition) is 0. The van der Waals surface area contributed by atoms with Crippen LogP contribution in [0.3, 0.4) is 0 Å². The summed E-state index contributed by atoms with van der Waals surface area (Å²) in [5, 5.41) is 0. The maximum absolute atomic E-state index is 6.95. The summed E-state index contributed by atoms with van der Waals surface area (Å²) in [5.74, 6) is 16.8. The van der Waals surface area contributed by atoms with Crippen LogP contribution in [-0.2, 0) is 90.8 Å². The van der Waals surface area contributed by atoms with E-state index in [-0.39, 0.29) is 79.3 Å². The molecule has 0 bridgehead atoms. The molecule has 0 atom stereocenters. The smallest absolute Gasteiger partial charge is 0.123 e. The Balaban J connectivity index is 0.808. The van der Waals surface area contributed by atoms with Crippen LogP contribution in [0.4, 0.5) is 0 Å². The van der Waals surface area contributed by atoms with Gasteiger partial charge in [-0.2, -0.15) is 11.8 Å². The lowest BCUT2D eigenvalue weighted by Crippen LogP contribution is -2.03. The van der Waals surface area contributed by atoms with Gasteiger partial charge in [-0.15, -0.1) is 0 Å². The summed E-state index contributed by atoms with van der Waals surface area (Å²) in [7, 11) is 25.7. The van der Waals surface area contributed by atoms with Gasteiger partial charge in [0.05, 0.1) is 114 Å². The molecule has 0 saturated heterocycles. The van der Waals surface area contributed by atoms with Crippen molar-refractivity contribution < 1.29 is 133 Å². The van der Waals surface area contributed by atoms with Crippen LogP contribution in [0.15, 0.2) is 255 Å². The minimum atomic E-state index is 0.0603. The van der Waals surface area contributed by atoms with Crippen LogP contribution < -0.4 is 133 Å². The van der Waals surface area contributed by atoms with Crippen LogP contribution >= 0.6 is 11.8 Å². The van der Waals surface area contributed by atoms with Gasteiger partial charge in [-0.25, -0.2) is 0 Å². The van der Waals surface area contributed by atoms with Crippen molar-refractivity contribution in [2.24, 2.45) is 0 Å². The number of ether oxygens (including phenoxy) is 28. The topological polar surface area (TPSA) is 258 Å². The molecule has 0 heterocycles. The van der Waals surface area contributed by atoms with E-state index >= 15 is 0 Å². The van der Waals surface area contributed by atoms with Crippen LogP contribution in [0.2, 0.25) is 0 Å². The predicted octanol–water partition coefficient (Wildman–Crippen LogP) is 23.2. The van der Waals surface area contributed by atoms with Crippen LogP contribution in [0.25, 0.3) is 0 Å². The summed E-state index contributed by atoms with van der Waals surface area (Å²) >= 11 is 1.65. The van der Waals surface area contributed by atoms with E-state index in [4.69, 9.17) is 133 Å². The zero-order valence-electron chi connectivity index (χ0n) is 83.0. The monoisotopic (exact) mass is 1970 g/mol. The summed E-state index contributed by atoms with van der Waals surface area (Å²) in [4.78, 5) is 0. The predicted molar refractivity (Wildman–Crippen MR) is 542 cm³/mol. The van der Waals surface area contributed by atoms with Crippen molar-refractivity contribution in [2.75, 3.05) is 114 Å². The van der Waals surface area contributed by atoms with Gasteiger partial charge in [-0.05, 0) is 248 Å². The average Bonchev–Trinajstić information content (AvgIpc) is 0.906. The molecule has 14 aromatic rings. The molecule has 0 radical (unpaired) electrons. The second-order valence-electron chi connectivity index (χ2n) is 32.6. The fourth-order valence-corrected chi connectivity index (χ4v) is 16.1. The molecule has 29 heteroatoms. The SMILES string of the molecule is COc1cc(COc2cc(COc3cc(CSCc4cc(OCc5cc(OCc6cc(OC)cc(OC)c6)cc(OCc6cc(OC)cc(OC)c6)c5)cc(OCc5cc(OCc6cc(OC)cc(OC)c6)cc(OCc6cc(OC)cc(OC)c6)c5)c4)cc(OCc4cc(OCc5cc(OC)cc(OC)c5)cc(OCc5cc(OC)cc(OC)c5)c4)c3)cc(OCc3cc(OC)cc(OC)c3)c2)cc(OC)c1. The molecule has 0 aliphatic rings. The van der Waals surface area contributed by atoms with Gasteiger partial charge in [0, 0.05) is 96.4 Å². The zero-order valence-corrected chi connectivity index (χ0v) is 83.8. The molecule has 14 rings (SSSR count). The minimum Gasteiger partial charge on any atom is -0.497 e. The van der Waals surface area contributed by atoms with Gasteiger partial charge in [0.25, 0.3) is 0 Å². The Kier molecular flexibility index (Phi) is 37.1. The molecule has 0 aliphatic heterocycles. The van der Waals surface area contributed by atoms with E-state index in [1.807, 2.05) is 206 Å². The number of benzene rings is 14. The number of rotatable bonds is 56. The Morgan fingerprint density at radius 2 is 0.182 bits per heavy atom. The Labute approximate surface area is 837 Å². The van der Waals surface area contributed by atoms with Crippen LogP contribution in [-0.4, -0.2) is 114 Å². The van der Waals surface area contributed by atoms with E-state index < -0.39 is 0 Å². The van der Waals surface area contributed by atoms with E-state index in [9.17, 15) is 0 Å². The first-order valence-electron chi connectivity index (χ1n) is 45.5. The summed E-state index contributed by atoms with van der Waals surface area (Å²) in [6.45, 7) is 1.56. The number of thioether (sulfide) groups is 1. The lowest BCUT2D eigenvalue weighted by Gasteiger charge is -2.17. The quantitative estimate of drug-likeness (QED) is 0.0343. The van der Waals surface area contributed by atoms with Crippen molar-refractivity contribution in [2.45, 2.75) is 90.8 Å². The molecule has 0 N–H and O–H groups in total. The first kappa shape index (κ1) is 103.